The summed E-state index contributed by atoms with van der Waals surface area (Å²) in [6, 6.07) is 12.4. The average molecular weight is 459 g/mol. The molecule has 0 aliphatic heterocycles. The Bertz CT molecular complexity index is 1250. The number of thiophene rings is 1. The molecule has 0 unspecified atom stereocenters. The maximum atomic E-state index is 12.9. The highest BCUT2D eigenvalue weighted by molar-refractivity contribution is 7.20. The second-order valence-corrected chi connectivity index (χ2v) is 9.48. The number of ether oxygens (including phenoxy) is 1. The van der Waals surface area contributed by atoms with Crippen LogP contribution in [0.4, 0.5) is 11.5 Å². The van der Waals surface area contributed by atoms with Gasteiger partial charge in [0.05, 0.1) is 5.39 Å². The van der Waals surface area contributed by atoms with Gasteiger partial charge in [0, 0.05) is 18.1 Å². The van der Waals surface area contributed by atoms with E-state index in [0.29, 0.717) is 10.7 Å². The number of fused-ring (bicyclic) bond motifs is 1. The molecule has 7 heteroatoms. The zero-order valence-electron chi connectivity index (χ0n) is 18.6. The summed E-state index contributed by atoms with van der Waals surface area (Å²) in [6.07, 6.45) is 11.5. The van der Waals surface area contributed by atoms with Crippen molar-refractivity contribution in [1.82, 2.24) is 15.0 Å². The number of anilines is 2. The van der Waals surface area contributed by atoms with E-state index in [2.05, 4.69) is 32.4 Å². The number of carbonyl (C=O) groups is 1. The summed E-state index contributed by atoms with van der Waals surface area (Å²) < 4.78 is 5.81. The van der Waals surface area contributed by atoms with Crippen LogP contribution in [0.5, 0.6) is 0 Å². The largest absolute Gasteiger partial charge is 0.458 e. The summed E-state index contributed by atoms with van der Waals surface area (Å²) in [5, 5.41) is 4.28. The Balaban J connectivity index is 1.34. The van der Waals surface area contributed by atoms with Crippen LogP contribution in [-0.4, -0.2) is 27.0 Å². The molecule has 168 valence electrons. The first kappa shape index (κ1) is 21.5. The molecule has 4 aromatic rings. The molecule has 3 aromatic heterocycles. The minimum absolute atomic E-state index is 0.0326. The van der Waals surface area contributed by atoms with E-state index in [0.717, 1.165) is 53.6 Å². The van der Waals surface area contributed by atoms with E-state index in [1.54, 1.807) is 0 Å². The van der Waals surface area contributed by atoms with E-state index in [1.165, 1.54) is 35.2 Å². The van der Waals surface area contributed by atoms with Crippen molar-refractivity contribution in [2.75, 3.05) is 5.32 Å². The lowest BCUT2D eigenvalue weighted by Crippen LogP contribution is -2.20. The fourth-order valence-corrected chi connectivity index (χ4v) is 5.36. The number of carbonyl (C=O) groups excluding carboxylic acids is 1. The predicted octanol–water partition coefficient (Wildman–Crippen LogP) is 6.22. The molecule has 1 aromatic carbocycles. The third kappa shape index (κ3) is 4.88. The van der Waals surface area contributed by atoms with E-state index < -0.39 is 0 Å². The fourth-order valence-electron chi connectivity index (χ4n) is 4.33. The van der Waals surface area contributed by atoms with Crippen molar-refractivity contribution in [3.63, 3.8) is 0 Å². The van der Waals surface area contributed by atoms with Crippen LogP contribution in [0.3, 0.4) is 0 Å². The van der Waals surface area contributed by atoms with E-state index in [4.69, 9.17) is 4.74 Å². The Labute approximate surface area is 197 Å². The van der Waals surface area contributed by atoms with Gasteiger partial charge in [0.1, 0.15) is 28.0 Å². The van der Waals surface area contributed by atoms with Gasteiger partial charge < -0.3 is 10.1 Å². The topological polar surface area (TPSA) is 77.0 Å². The fraction of sp³-hybridized carbons (Fsp3) is 0.308. The van der Waals surface area contributed by atoms with Gasteiger partial charge in [-0.2, -0.15) is 0 Å². The first-order valence-electron chi connectivity index (χ1n) is 11.4. The van der Waals surface area contributed by atoms with E-state index >= 15 is 0 Å². The number of pyridine rings is 1. The SMILES string of the molecule is Cc1c(C(=O)OC2CCCCC2)sc2ncnc(Nc3ccc(Cc4ccncc4)cc3)c12. The van der Waals surface area contributed by atoms with Gasteiger partial charge in [0.15, 0.2) is 0 Å². The number of benzene rings is 1. The number of hydrogen-bond donors (Lipinski definition) is 1. The number of nitrogens with zero attached hydrogens (tertiary/aromatic N) is 3. The molecule has 3 heterocycles. The third-order valence-electron chi connectivity index (χ3n) is 6.11. The molecule has 5 rings (SSSR count). The van der Waals surface area contributed by atoms with Crippen LogP contribution in [0.15, 0.2) is 55.1 Å². The van der Waals surface area contributed by atoms with Crippen LogP contribution in [0.1, 0.15) is 58.5 Å². The molecule has 0 radical (unpaired) electrons. The molecule has 0 saturated heterocycles. The van der Waals surface area contributed by atoms with E-state index in [-0.39, 0.29) is 12.1 Å². The van der Waals surface area contributed by atoms with Gasteiger partial charge in [-0.25, -0.2) is 14.8 Å². The molecule has 0 atom stereocenters. The van der Waals surface area contributed by atoms with E-state index in [1.807, 2.05) is 43.6 Å². The molecule has 1 saturated carbocycles. The summed E-state index contributed by atoms with van der Waals surface area (Å²) >= 11 is 1.38. The Hall–Kier alpha value is -3.32. The highest BCUT2D eigenvalue weighted by Crippen LogP contribution is 2.35. The van der Waals surface area contributed by atoms with Crippen molar-refractivity contribution in [1.29, 1.82) is 0 Å². The van der Waals surface area contributed by atoms with Gasteiger partial charge in [-0.1, -0.05) is 18.6 Å². The van der Waals surface area contributed by atoms with Crippen LogP contribution in [-0.2, 0) is 11.2 Å². The maximum Gasteiger partial charge on any atom is 0.348 e. The lowest BCUT2D eigenvalue weighted by molar-refractivity contribution is 0.0216. The van der Waals surface area contributed by atoms with Crippen molar-refractivity contribution in [3.05, 3.63) is 76.7 Å². The van der Waals surface area contributed by atoms with Crippen molar-refractivity contribution in [2.24, 2.45) is 0 Å². The van der Waals surface area contributed by atoms with Gasteiger partial charge >= 0.3 is 5.97 Å². The summed E-state index contributed by atoms with van der Waals surface area (Å²) in [4.78, 5) is 27.2. The average Bonchev–Trinajstić information content (AvgIpc) is 3.19. The molecule has 0 spiro atoms. The summed E-state index contributed by atoms with van der Waals surface area (Å²) in [6.45, 7) is 1.95. The van der Waals surface area contributed by atoms with Crippen molar-refractivity contribution < 1.29 is 9.53 Å². The van der Waals surface area contributed by atoms with Crippen LogP contribution >= 0.6 is 11.3 Å². The maximum absolute atomic E-state index is 12.9. The van der Waals surface area contributed by atoms with Crippen molar-refractivity contribution in [2.45, 2.75) is 51.6 Å². The van der Waals surface area contributed by atoms with Gasteiger partial charge in [-0.15, -0.1) is 11.3 Å². The first-order chi connectivity index (χ1) is 16.2. The van der Waals surface area contributed by atoms with E-state index in [9.17, 15) is 4.79 Å². The van der Waals surface area contributed by atoms with Crippen LogP contribution < -0.4 is 5.32 Å². The van der Waals surface area contributed by atoms with Crippen LogP contribution in [0.2, 0.25) is 0 Å². The number of nitrogens with one attached hydrogen (secondary N) is 1. The van der Waals surface area contributed by atoms with Gasteiger partial charge in [-0.05, 0) is 80.0 Å². The Morgan fingerprint density at radius 1 is 1.03 bits per heavy atom. The molecule has 0 amide bonds. The second kappa shape index (κ2) is 9.67. The summed E-state index contributed by atoms with van der Waals surface area (Å²) in [5.41, 5.74) is 4.25. The number of esters is 1. The second-order valence-electron chi connectivity index (χ2n) is 8.48. The zero-order valence-corrected chi connectivity index (χ0v) is 19.4. The summed E-state index contributed by atoms with van der Waals surface area (Å²) in [7, 11) is 0. The molecule has 0 bridgehead atoms. The molecular weight excluding hydrogens is 432 g/mol. The molecule has 1 aliphatic carbocycles. The normalized spacial score (nSPS) is 14.3. The lowest BCUT2D eigenvalue weighted by atomic mass is 9.98. The number of rotatable bonds is 6. The Morgan fingerprint density at radius 2 is 1.76 bits per heavy atom. The molecular formula is C26H26N4O2S. The lowest BCUT2D eigenvalue weighted by Gasteiger charge is -2.21. The molecule has 6 nitrogen and oxygen atoms in total. The number of hydrogen-bond acceptors (Lipinski definition) is 7. The quantitative estimate of drug-likeness (QED) is 0.346. The van der Waals surface area contributed by atoms with Crippen molar-refractivity contribution in [3.8, 4) is 0 Å². The molecule has 1 aliphatic rings. The summed E-state index contributed by atoms with van der Waals surface area (Å²) in [5.74, 6) is 0.459. The Kier molecular flexibility index (Phi) is 6.30. The molecule has 1 fully saturated rings. The smallest absolute Gasteiger partial charge is 0.348 e. The first-order valence-corrected chi connectivity index (χ1v) is 12.2. The monoisotopic (exact) mass is 458 g/mol. The standard InChI is InChI=1S/C26H26N4O2S/c1-17-22-24(30-20-9-7-18(8-10-20)15-19-11-13-27-14-12-19)28-16-29-25(22)33-23(17)26(31)32-21-5-3-2-4-6-21/h7-14,16,21H,2-6,15H2,1H3,(H,28,29,30). The number of aryl methyl sites for hydroxylation is 1. The van der Waals surface area contributed by atoms with Crippen LogP contribution in [0, 0.1) is 6.92 Å². The van der Waals surface area contributed by atoms with Gasteiger partial charge in [0.25, 0.3) is 0 Å². The predicted molar refractivity (Wildman–Crippen MR) is 131 cm³/mol. The third-order valence-corrected chi connectivity index (χ3v) is 7.29. The zero-order chi connectivity index (χ0) is 22.6. The minimum atomic E-state index is -0.242. The van der Waals surface area contributed by atoms with Crippen molar-refractivity contribution >= 4 is 39.0 Å². The van der Waals surface area contributed by atoms with Gasteiger partial charge in [0.2, 0.25) is 0 Å². The molecule has 33 heavy (non-hydrogen) atoms. The minimum Gasteiger partial charge on any atom is -0.458 e. The molecule has 1 N–H and O–H groups in total. The van der Waals surface area contributed by atoms with Crippen LogP contribution in [0.25, 0.3) is 10.2 Å². The van der Waals surface area contributed by atoms with Gasteiger partial charge in [-0.3, -0.25) is 4.98 Å². The highest BCUT2D eigenvalue weighted by atomic mass is 32.1. The number of aromatic nitrogens is 3. The Morgan fingerprint density at radius 3 is 2.52 bits per heavy atom. The highest BCUT2D eigenvalue weighted by Gasteiger charge is 2.24.